The van der Waals surface area contributed by atoms with Crippen molar-refractivity contribution in [3.63, 3.8) is 0 Å². The molecule has 1 saturated heterocycles. The number of nitrogens with zero attached hydrogens (tertiary/aromatic N) is 3. The van der Waals surface area contributed by atoms with Gasteiger partial charge in [-0.1, -0.05) is 13.3 Å². The lowest BCUT2D eigenvalue weighted by molar-refractivity contribution is 0.164. The maximum Gasteiger partial charge on any atom is 0.0534 e. The van der Waals surface area contributed by atoms with Crippen LogP contribution in [0.2, 0.25) is 0 Å². The summed E-state index contributed by atoms with van der Waals surface area (Å²) in [6.07, 6.45) is 8.20. The van der Waals surface area contributed by atoms with Gasteiger partial charge in [-0.15, -0.1) is 0 Å². The molecule has 0 radical (unpaired) electrons. The molecule has 0 N–H and O–H groups in total. The number of aryl methyl sites for hydroxylation is 1. The molecule has 0 aliphatic carbocycles. The molecule has 3 heteroatoms. The highest BCUT2D eigenvalue weighted by atomic mass is 15.2. The molecule has 1 aliphatic rings. The Bertz CT molecular complexity index is 306. The van der Waals surface area contributed by atoms with E-state index in [0.717, 1.165) is 12.5 Å². The maximum absolute atomic E-state index is 4.21. The van der Waals surface area contributed by atoms with Crippen LogP contribution in [-0.2, 0) is 13.6 Å². The molecule has 0 spiro atoms. The molecule has 0 bridgehead atoms. The van der Waals surface area contributed by atoms with Crippen LogP contribution < -0.4 is 0 Å². The molecule has 1 aromatic rings. The molecule has 2 rings (SSSR count). The summed E-state index contributed by atoms with van der Waals surface area (Å²) in [4.78, 5) is 2.56. The first kappa shape index (κ1) is 10.7. The van der Waals surface area contributed by atoms with Gasteiger partial charge in [0.05, 0.1) is 6.20 Å². The number of rotatable bonds is 3. The Kier molecular flexibility index (Phi) is 3.41. The first-order valence-electron chi connectivity index (χ1n) is 5.98. The molecule has 2 heterocycles. The Labute approximate surface area is 92.1 Å². The first-order valence-corrected chi connectivity index (χ1v) is 5.98. The average molecular weight is 207 g/mol. The van der Waals surface area contributed by atoms with Crippen LogP contribution in [0.3, 0.4) is 0 Å². The smallest absolute Gasteiger partial charge is 0.0534 e. The second kappa shape index (κ2) is 4.79. The van der Waals surface area contributed by atoms with E-state index in [1.165, 1.54) is 37.9 Å². The topological polar surface area (TPSA) is 21.1 Å². The van der Waals surface area contributed by atoms with Gasteiger partial charge in [0.15, 0.2) is 0 Å². The lowest BCUT2D eigenvalue weighted by Crippen LogP contribution is -2.34. The molecule has 0 aromatic carbocycles. The summed E-state index contributed by atoms with van der Waals surface area (Å²) in [6.45, 7) is 5.90. The average Bonchev–Trinajstić information content (AvgIpc) is 2.64. The van der Waals surface area contributed by atoms with Gasteiger partial charge in [0.25, 0.3) is 0 Å². The highest BCUT2D eigenvalue weighted by molar-refractivity contribution is 5.03. The molecule has 1 aliphatic heterocycles. The number of aromatic nitrogens is 2. The van der Waals surface area contributed by atoms with Crippen LogP contribution in [0.1, 0.15) is 31.7 Å². The van der Waals surface area contributed by atoms with Crippen LogP contribution in [0.25, 0.3) is 0 Å². The lowest BCUT2D eigenvalue weighted by Gasteiger charge is -2.31. The van der Waals surface area contributed by atoms with Crippen molar-refractivity contribution in [2.75, 3.05) is 13.1 Å². The van der Waals surface area contributed by atoms with E-state index in [2.05, 4.69) is 23.1 Å². The fourth-order valence-corrected chi connectivity index (χ4v) is 2.44. The van der Waals surface area contributed by atoms with Crippen molar-refractivity contribution in [1.29, 1.82) is 0 Å². The van der Waals surface area contributed by atoms with Crippen LogP contribution in [0, 0.1) is 5.92 Å². The quantitative estimate of drug-likeness (QED) is 0.756. The largest absolute Gasteiger partial charge is 0.299 e. The molecule has 0 amide bonds. The van der Waals surface area contributed by atoms with Crippen molar-refractivity contribution in [1.82, 2.24) is 14.7 Å². The predicted octanol–water partition coefficient (Wildman–Crippen LogP) is 2.04. The molecule has 0 saturated carbocycles. The van der Waals surface area contributed by atoms with Gasteiger partial charge in [-0.3, -0.25) is 9.58 Å². The molecule has 1 atom stereocenters. The van der Waals surface area contributed by atoms with E-state index >= 15 is 0 Å². The predicted molar refractivity (Wildman–Crippen MR) is 61.5 cm³/mol. The van der Waals surface area contributed by atoms with Crippen LogP contribution in [0.15, 0.2) is 12.4 Å². The molecular formula is C12H21N3. The zero-order valence-electron chi connectivity index (χ0n) is 9.82. The zero-order chi connectivity index (χ0) is 10.7. The minimum atomic E-state index is 0.912. The number of hydrogen-bond acceptors (Lipinski definition) is 2. The van der Waals surface area contributed by atoms with E-state index in [9.17, 15) is 0 Å². The van der Waals surface area contributed by atoms with Crippen molar-refractivity contribution in [3.8, 4) is 0 Å². The molecular weight excluding hydrogens is 186 g/mol. The second-order valence-corrected chi connectivity index (χ2v) is 4.67. The van der Waals surface area contributed by atoms with Gasteiger partial charge in [0.1, 0.15) is 0 Å². The molecule has 1 fully saturated rings. The van der Waals surface area contributed by atoms with Crippen LogP contribution >= 0.6 is 0 Å². The summed E-state index contributed by atoms with van der Waals surface area (Å²) < 4.78 is 1.89. The van der Waals surface area contributed by atoms with Crippen LogP contribution in [0.5, 0.6) is 0 Å². The summed E-state index contributed by atoms with van der Waals surface area (Å²) in [7, 11) is 1.98. The minimum Gasteiger partial charge on any atom is -0.299 e. The Hall–Kier alpha value is -0.830. The second-order valence-electron chi connectivity index (χ2n) is 4.67. The third-order valence-corrected chi connectivity index (χ3v) is 3.34. The highest BCUT2D eigenvalue weighted by Crippen LogP contribution is 2.20. The van der Waals surface area contributed by atoms with Gasteiger partial charge in [-0.25, -0.2) is 0 Å². The maximum atomic E-state index is 4.21. The number of hydrogen-bond donors (Lipinski definition) is 0. The lowest BCUT2D eigenvalue weighted by atomic mass is 9.95. The summed E-state index contributed by atoms with van der Waals surface area (Å²) in [5, 5.41) is 4.21. The number of likely N-dealkylation sites (tertiary alicyclic amines) is 1. The van der Waals surface area contributed by atoms with Gasteiger partial charge in [-0.05, 0) is 25.3 Å². The van der Waals surface area contributed by atoms with Crippen LogP contribution in [0.4, 0.5) is 0 Å². The summed E-state index contributed by atoms with van der Waals surface area (Å²) in [5.41, 5.74) is 1.34. The molecule has 84 valence electrons. The van der Waals surface area contributed by atoms with Crippen molar-refractivity contribution in [2.45, 2.75) is 32.7 Å². The van der Waals surface area contributed by atoms with Gasteiger partial charge >= 0.3 is 0 Å². The van der Waals surface area contributed by atoms with Gasteiger partial charge in [0, 0.05) is 31.9 Å². The van der Waals surface area contributed by atoms with E-state index in [4.69, 9.17) is 0 Å². The van der Waals surface area contributed by atoms with Crippen molar-refractivity contribution < 1.29 is 0 Å². The van der Waals surface area contributed by atoms with E-state index in [-0.39, 0.29) is 0 Å². The van der Waals surface area contributed by atoms with Crippen molar-refractivity contribution in [2.24, 2.45) is 13.0 Å². The fourth-order valence-electron chi connectivity index (χ4n) is 2.44. The van der Waals surface area contributed by atoms with Gasteiger partial charge in [0.2, 0.25) is 0 Å². The summed E-state index contributed by atoms with van der Waals surface area (Å²) in [5.74, 6) is 0.912. The van der Waals surface area contributed by atoms with E-state index in [1.807, 2.05) is 17.9 Å². The van der Waals surface area contributed by atoms with Crippen molar-refractivity contribution in [3.05, 3.63) is 18.0 Å². The van der Waals surface area contributed by atoms with Crippen LogP contribution in [-0.4, -0.2) is 27.8 Å². The molecule has 3 nitrogen and oxygen atoms in total. The van der Waals surface area contributed by atoms with Gasteiger partial charge in [-0.2, -0.15) is 5.10 Å². The monoisotopic (exact) mass is 207 g/mol. The Morgan fingerprint density at radius 3 is 3.07 bits per heavy atom. The normalized spacial score (nSPS) is 23.2. The third-order valence-electron chi connectivity index (χ3n) is 3.34. The SMILES string of the molecule is CC[C@@H]1CCCN(Cc2cnn(C)c2)C1. The van der Waals surface area contributed by atoms with E-state index in [1.54, 1.807) is 0 Å². The molecule has 0 unspecified atom stereocenters. The Morgan fingerprint density at radius 2 is 2.40 bits per heavy atom. The third kappa shape index (κ3) is 2.81. The Balaban J connectivity index is 1.88. The van der Waals surface area contributed by atoms with Gasteiger partial charge < -0.3 is 0 Å². The zero-order valence-corrected chi connectivity index (χ0v) is 9.82. The fraction of sp³-hybridized carbons (Fsp3) is 0.750. The first-order chi connectivity index (χ1) is 7.28. The van der Waals surface area contributed by atoms with E-state index in [0.29, 0.717) is 0 Å². The summed E-state index contributed by atoms with van der Waals surface area (Å²) in [6, 6.07) is 0. The minimum absolute atomic E-state index is 0.912. The van der Waals surface area contributed by atoms with Crippen molar-refractivity contribution >= 4 is 0 Å². The standard InChI is InChI=1S/C12H21N3/c1-3-11-5-4-6-15(9-11)10-12-7-13-14(2)8-12/h7-8,11H,3-6,9-10H2,1-2H3/t11-/m1/s1. The van der Waals surface area contributed by atoms with E-state index < -0.39 is 0 Å². The molecule has 15 heavy (non-hydrogen) atoms. The molecule has 1 aromatic heterocycles. The number of piperidine rings is 1. The summed E-state index contributed by atoms with van der Waals surface area (Å²) >= 11 is 0. The Morgan fingerprint density at radius 1 is 1.53 bits per heavy atom. The highest BCUT2D eigenvalue weighted by Gasteiger charge is 2.18.